The van der Waals surface area contributed by atoms with Crippen molar-refractivity contribution in [3.8, 4) is 0 Å². The Balaban J connectivity index is 1.84. The first-order chi connectivity index (χ1) is 15.1. The molecule has 0 N–H and O–H groups in total. The summed E-state index contributed by atoms with van der Waals surface area (Å²) in [6.45, 7) is 17.2. The third-order valence-corrected chi connectivity index (χ3v) is 7.14. The van der Waals surface area contributed by atoms with Crippen LogP contribution in [0.4, 0.5) is 0 Å². The largest absolute Gasteiger partial charge is 0.358 e. The Hall–Kier alpha value is -1.54. The molecule has 0 aromatic heterocycles. The van der Waals surface area contributed by atoms with Crippen LogP contribution in [0.15, 0.2) is 51.6 Å². The summed E-state index contributed by atoms with van der Waals surface area (Å²) in [4.78, 5) is 26.1. The Morgan fingerprint density at radius 3 is 2.59 bits per heavy atom. The number of carbonyl (C=O) groups is 1. The van der Waals surface area contributed by atoms with Crippen molar-refractivity contribution in [2.45, 2.75) is 66.1 Å². The van der Waals surface area contributed by atoms with Gasteiger partial charge in [0.2, 0.25) is 0 Å². The van der Waals surface area contributed by atoms with Crippen LogP contribution in [0.25, 0.3) is 0 Å². The van der Waals surface area contributed by atoms with Crippen LogP contribution in [0.5, 0.6) is 0 Å². The van der Waals surface area contributed by atoms with Gasteiger partial charge in [-0.05, 0) is 71.4 Å². The van der Waals surface area contributed by atoms with Crippen molar-refractivity contribution in [1.29, 1.82) is 0 Å². The third-order valence-electron chi connectivity index (χ3n) is 6.03. The number of hydrogen-bond donors (Lipinski definition) is 0. The highest BCUT2D eigenvalue weighted by molar-refractivity contribution is 8.01. The fourth-order valence-electron chi connectivity index (χ4n) is 3.85. The van der Waals surface area contributed by atoms with Crippen molar-refractivity contribution in [2.24, 2.45) is 11.1 Å². The van der Waals surface area contributed by atoms with E-state index in [2.05, 4.69) is 66.4 Å². The molecule has 0 saturated carbocycles. The summed E-state index contributed by atoms with van der Waals surface area (Å²) in [7, 11) is 0. The summed E-state index contributed by atoms with van der Waals surface area (Å²) in [5.41, 5.74) is 1.64. The molecule has 2 unspecified atom stereocenters. The van der Waals surface area contributed by atoms with Gasteiger partial charge < -0.3 is 9.64 Å². The summed E-state index contributed by atoms with van der Waals surface area (Å²) in [6, 6.07) is 0. The average molecular weight is 462 g/mol. The Morgan fingerprint density at radius 1 is 1.28 bits per heavy atom. The molecular formula is C25H39N3O3S. The van der Waals surface area contributed by atoms with Gasteiger partial charge in [-0.2, -0.15) is 0 Å². The second-order valence-corrected chi connectivity index (χ2v) is 10.4. The third kappa shape index (κ3) is 8.43. The zero-order valence-electron chi connectivity index (χ0n) is 20.5. The topological polar surface area (TPSA) is 62.2 Å². The summed E-state index contributed by atoms with van der Waals surface area (Å²) in [6.07, 6.45) is 12.3. The number of nitrogens with zero attached hydrogens (tertiary/aromatic N) is 3. The fraction of sp³-hybridized carbons (Fsp3) is 0.640. The number of nitroso groups, excluding NO2 is 1. The van der Waals surface area contributed by atoms with E-state index in [1.807, 2.05) is 6.08 Å². The number of allylic oxidation sites excluding steroid dienone is 5. The maximum atomic E-state index is 11.7. The molecule has 1 heterocycles. The molecule has 0 bridgehead atoms. The Bertz CT molecular complexity index is 777. The molecule has 2 aliphatic rings. The lowest BCUT2D eigenvalue weighted by atomic mass is 10.0. The van der Waals surface area contributed by atoms with E-state index >= 15 is 0 Å². The van der Waals surface area contributed by atoms with E-state index in [1.165, 1.54) is 16.1 Å². The normalized spacial score (nSPS) is 24.2. The molecule has 178 valence electrons. The Morgan fingerprint density at radius 2 is 1.97 bits per heavy atom. The van der Waals surface area contributed by atoms with E-state index in [9.17, 15) is 9.70 Å². The molecule has 0 radical (unpaired) electrons. The van der Waals surface area contributed by atoms with Gasteiger partial charge in [0.05, 0.1) is 6.10 Å². The van der Waals surface area contributed by atoms with E-state index in [4.69, 9.17) is 4.74 Å². The molecule has 6 nitrogen and oxygen atoms in total. The van der Waals surface area contributed by atoms with Crippen LogP contribution in [0.1, 0.15) is 54.4 Å². The molecule has 0 spiro atoms. The second kappa shape index (κ2) is 12.6. The summed E-state index contributed by atoms with van der Waals surface area (Å²) < 4.78 is 8.34. The first-order valence-electron chi connectivity index (χ1n) is 11.5. The minimum atomic E-state index is -1.20. The van der Waals surface area contributed by atoms with Gasteiger partial charge in [0.15, 0.2) is 0 Å². The molecule has 0 aromatic carbocycles. The molecule has 1 aliphatic heterocycles. The monoisotopic (exact) mass is 461 g/mol. The van der Waals surface area contributed by atoms with Crippen LogP contribution in [-0.4, -0.2) is 59.5 Å². The van der Waals surface area contributed by atoms with Gasteiger partial charge in [-0.1, -0.05) is 42.4 Å². The maximum absolute atomic E-state index is 11.7. The van der Waals surface area contributed by atoms with E-state index in [1.54, 1.807) is 25.8 Å². The minimum absolute atomic E-state index is 0.223. The van der Waals surface area contributed by atoms with Gasteiger partial charge >= 0.3 is 5.91 Å². The first-order valence-corrected chi connectivity index (χ1v) is 12.3. The van der Waals surface area contributed by atoms with Crippen LogP contribution in [0.3, 0.4) is 0 Å². The van der Waals surface area contributed by atoms with Crippen LogP contribution in [-0.2, 0) is 9.53 Å². The molecule has 1 amide bonds. The second-order valence-electron chi connectivity index (χ2n) is 9.28. The summed E-state index contributed by atoms with van der Waals surface area (Å²) >= 11 is 1.80. The van der Waals surface area contributed by atoms with E-state index < -0.39 is 11.5 Å². The number of hydrogen-bond acceptors (Lipinski definition) is 6. The molecular weight excluding hydrogens is 422 g/mol. The number of amides is 1. The predicted octanol–water partition coefficient (Wildman–Crippen LogP) is 5.49. The fourth-order valence-corrected chi connectivity index (χ4v) is 4.92. The zero-order chi connectivity index (χ0) is 23.7. The SMILES string of the molecule is C/C=C\C(C)=C(/C)CCN1CCN(SC2=CC(C)CC(OC(C)(C)C(=O)N=O)C=C2)CC1. The lowest BCUT2D eigenvalue weighted by molar-refractivity contribution is -0.143. The van der Waals surface area contributed by atoms with Crippen molar-refractivity contribution in [2.75, 3.05) is 32.7 Å². The van der Waals surface area contributed by atoms with Crippen molar-refractivity contribution in [1.82, 2.24) is 9.21 Å². The van der Waals surface area contributed by atoms with Crippen molar-refractivity contribution in [3.63, 3.8) is 0 Å². The lowest BCUT2D eigenvalue weighted by Gasteiger charge is -2.34. The quantitative estimate of drug-likeness (QED) is 0.257. The smallest absolute Gasteiger partial charge is 0.317 e. The summed E-state index contributed by atoms with van der Waals surface area (Å²) in [5, 5.41) is 2.53. The predicted molar refractivity (Wildman–Crippen MR) is 134 cm³/mol. The zero-order valence-corrected chi connectivity index (χ0v) is 21.3. The van der Waals surface area contributed by atoms with Crippen molar-refractivity contribution in [3.05, 3.63) is 51.3 Å². The molecule has 1 fully saturated rings. The van der Waals surface area contributed by atoms with Crippen LogP contribution >= 0.6 is 11.9 Å². The highest BCUT2D eigenvalue weighted by atomic mass is 32.2. The van der Waals surface area contributed by atoms with Crippen molar-refractivity contribution < 1.29 is 9.53 Å². The number of piperazine rings is 1. The van der Waals surface area contributed by atoms with Gasteiger partial charge in [0.1, 0.15) is 5.60 Å². The van der Waals surface area contributed by atoms with Gasteiger partial charge in [0.25, 0.3) is 0 Å². The number of carbonyl (C=O) groups excluding carboxylic acids is 1. The van der Waals surface area contributed by atoms with Crippen LogP contribution < -0.4 is 0 Å². The minimum Gasteiger partial charge on any atom is -0.358 e. The molecule has 32 heavy (non-hydrogen) atoms. The van der Waals surface area contributed by atoms with Crippen molar-refractivity contribution >= 4 is 17.9 Å². The standard InChI is InChI=1S/C25H39N3O3S/c1-7-8-20(3)21(4)11-12-27-13-15-28(16-14-27)32-23-10-9-22(17-19(2)18-23)31-25(5,6)24(29)26-30/h7-10,18-19,22H,11-17H2,1-6H3/b8-7-,21-20+. The average Bonchev–Trinajstić information content (AvgIpc) is 2.92. The maximum Gasteiger partial charge on any atom is 0.317 e. The highest BCUT2D eigenvalue weighted by Gasteiger charge is 2.33. The van der Waals surface area contributed by atoms with E-state index in [0.717, 1.165) is 45.6 Å². The lowest BCUT2D eigenvalue weighted by Crippen LogP contribution is -2.43. The first kappa shape index (κ1) is 26.7. The van der Waals surface area contributed by atoms with E-state index in [0.29, 0.717) is 5.92 Å². The van der Waals surface area contributed by atoms with Crippen LogP contribution in [0.2, 0.25) is 0 Å². The molecule has 1 aliphatic carbocycles. The number of ether oxygens (including phenoxy) is 1. The molecule has 0 aromatic rings. The number of rotatable bonds is 9. The summed E-state index contributed by atoms with van der Waals surface area (Å²) in [5.74, 6) is -0.463. The Labute approximate surface area is 197 Å². The van der Waals surface area contributed by atoms with Gasteiger partial charge in [0, 0.05) is 42.8 Å². The van der Waals surface area contributed by atoms with Gasteiger partial charge in [-0.3, -0.25) is 4.79 Å². The van der Waals surface area contributed by atoms with E-state index in [-0.39, 0.29) is 6.10 Å². The molecule has 2 atom stereocenters. The molecule has 7 heteroatoms. The van der Waals surface area contributed by atoms with Gasteiger partial charge in [-0.25, -0.2) is 4.31 Å². The highest BCUT2D eigenvalue weighted by Crippen LogP contribution is 2.31. The molecule has 1 saturated heterocycles. The van der Waals surface area contributed by atoms with Gasteiger partial charge in [-0.15, -0.1) is 4.91 Å². The molecule has 2 rings (SSSR count). The van der Waals surface area contributed by atoms with Crippen LogP contribution in [0, 0.1) is 10.8 Å². The Kier molecular flexibility index (Phi) is 10.5.